The van der Waals surface area contributed by atoms with Gasteiger partial charge in [-0.3, -0.25) is 4.57 Å². The Morgan fingerprint density at radius 1 is 1.64 bits per heavy atom. The van der Waals surface area contributed by atoms with Crippen molar-refractivity contribution in [1.29, 1.82) is 0 Å². The van der Waals surface area contributed by atoms with Crippen LogP contribution in [0.2, 0.25) is 0 Å². The number of anilines is 1. The lowest BCUT2D eigenvalue weighted by atomic mass is 10.2. The number of nitrogens with zero attached hydrogens (tertiary/aromatic N) is 3. The van der Waals surface area contributed by atoms with E-state index in [1.807, 2.05) is 0 Å². The summed E-state index contributed by atoms with van der Waals surface area (Å²) in [6, 6.07) is 0. The van der Waals surface area contributed by atoms with Crippen LogP contribution in [0.15, 0.2) is 11.1 Å². The highest BCUT2D eigenvalue weighted by Gasteiger charge is 2.35. The molecule has 0 saturated carbocycles. The Kier molecular flexibility index (Phi) is 6.37. The van der Waals surface area contributed by atoms with Crippen LogP contribution in [0.5, 0.6) is 0 Å². The van der Waals surface area contributed by atoms with Crippen LogP contribution in [0.1, 0.15) is 19.6 Å². The van der Waals surface area contributed by atoms with Crippen LogP contribution < -0.4 is 11.4 Å². The second-order valence-electron chi connectivity index (χ2n) is 4.53. The zero-order chi connectivity index (χ0) is 16.9. The number of aromatic nitrogens is 3. The van der Waals surface area contributed by atoms with Crippen LogP contribution in [0.4, 0.5) is 5.95 Å². The Hall–Kier alpha value is -2.08. The predicted octanol–water partition coefficient (Wildman–Crippen LogP) is -2.69. The number of ether oxygens (including phenoxy) is 1. The van der Waals surface area contributed by atoms with Crippen LogP contribution in [0, 0.1) is 0 Å². The SMILES string of the molecule is C[C@H](O)C(=O)O.Nc1ncn([C@H]2C[C@H](O)[C@@H](CO)O2)c(=O)n1. The van der Waals surface area contributed by atoms with Crippen molar-refractivity contribution < 1.29 is 30.0 Å². The summed E-state index contributed by atoms with van der Waals surface area (Å²) in [7, 11) is 0. The zero-order valence-electron chi connectivity index (χ0n) is 11.7. The molecule has 2 rings (SSSR count). The van der Waals surface area contributed by atoms with Gasteiger partial charge in [0, 0.05) is 6.42 Å². The molecule has 0 amide bonds. The fraction of sp³-hybridized carbons (Fsp3) is 0.636. The van der Waals surface area contributed by atoms with Gasteiger partial charge < -0.3 is 30.9 Å². The van der Waals surface area contributed by atoms with Gasteiger partial charge in [-0.2, -0.15) is 4.98 Å². The lowest BCUT2D eigenvalue weighted by Crippen LogP contribution is -2.28. The van der Waals surface area contributed by atoms with Crippen molar-refractivity contribution in [2.24, 2.45) is 0 Å². The molecule has 2 heterocycles. The monoisotopic (exact) mass is 318 g/mol. The summed E-state index contributed by atoms with van der Waals surface area (Å²) in [6.07, 6.45) is -1.97. The molecule has 11 nitrogen and oxygen atoms in total. The molecule has 1 aliphatic heterocycles. The summed E-state index contributed by atoms with van der Waals surface area (Å²) in [5.41, 5.74) is 4.65. The van der Waals surface area contributed by atoms with Gasteiger partial charge in [0.05, 0.1) is 12.7 Å². The first kappa shape index (κ1) is 18.0. The molecule has 22 heavy (non-hydrogen) atoms. The van der Waals surface area contributed by atoms with E-state index < -0.39 is 36.2 Å². The number of aliphatic hydroxyl groups excluding tert-OH is 3. The molecule has 6 N–H and O–H groups in total. The minimum atomic E-state index is -1.23. The van der Waals surface area contributed by atoms with Crippen molar-refractivity contribution in [3.8, 4) is 0 Å². The Morgan fingerprint density at radius 2 is 2.23 bits per heavy atom. The molecule has 0 spiro atoms. The van der Waals surface area contributed by atoms with E-state index in [-0.39, 0.29) is 19.0 Å². The van der Waals surface area contributed by atoms with Crippen molar-refractivity contribution in [1.82, 2.24) is 14.5 Å². The van der Waals surface area contributed by atoms with Gasteiger partial charge in [-0.1, -0.05) is 0 Å². The number of hydrogen-bond acceptors (Lipinski definition) is 9. The average Bonchev–Trinajstić information content (AvgIpc) is 2.80. The molecule has 1 aromatic heterocycles. The third kappa shape index (κ3) is 4.73. The maximum atomic E-state index is 11.4. The van der Waals surface area contributed by atoms with E-state index in [9.17, 15) is 14.7 Å². The molecular weight excluding hydrogens is 300 g/mol. The molecule has 0 unspecified atom stereocenters. The molecule has 124 valence electrons. The largest absolute Gasteiger partial charge is 0.479 e. The molecule has 1 fully saturated rings. The van der Waals surface area contributed by atoms with Gasteiger partial charge in [0.25, 0.3) is 0 Å². The molecule has 1 aromatic rings. The van der Waals surface area contributed by atoms with E-state index in [4.69, 9.17) is 25.8 Å². The minimum absolute atomic E-state index is 0.112. The van der Waals surface area contributed by atoms with Crippen LogP contribution >= 0.6 is 0 Å². The smallest absolute Gasteiger partial charge is 0.354 e. The Labute approximate surface area is 124 Å². The second kappa shape index (κ2) is 7.79. The number of hydrogen-bond donors (Lipinski definition) is 5. The van der Waals surface area contributed by atoms with Gasteiger partial charge in [0.1, 0.15) is 24.8 Å². The minimum Gasteiger partial charge on any atom is -0.479 e. The van der Waals surface area contributed by atoms with E-state index in [0.29, 0.717) is 0 Å². The summed E-state index contributed by atoms with van der Waals surface area (Å²) in [4.78, 5) is 28.0. The highest BCUT2D eigenvalue weighted by atomic mass is 16.5. The van der Waals surface area contributed by atoms with E-state index in [2.05, 4.69) is 9.97 Å². The van der Waals surface area contributed by atoms with Gasteiger partial charge in [-0.05, 0) is 6.92 Å². The number of aliphatic carboxylic acids is 1. The Balaban J connectivity index is 0.000000346. The standard InChI is InChI=1S/C8H12N4O4.C3H6O3/c9-7-10-3-12(8(15)11-7)6-1-4(14)5(2-13)16-6;1-2(4)3(5)6/h3-6,13-14H,1-2H2,(H2,9,11,15);2,4H,1H3,(H,5,6)/t4-,5+,6+;2-/m00/s1. The summed E-state index contributed by atoms with van der Waals surface area (Å²) in [5.74, 6) is -1.30. The fourth-order valence-corrected chi connectivity index (χ4v) is 1.60. The lowest BCUT2D eigenvalue weighted by Gasteiger charge is -2.13. The number of carboxylic acid groups (broad SMARTS) is 1. The van der Waals surface area contributed by atoms with E-state index >= 15 is 0 Å². The second-order valence-corrected chi connectivity index (χ2v) is 4.53. The molecule has 0 aromatic carbocycles. The summed E-state index contributed by atoms with van der Waals surface area (Å²) in [5, 5.41) is 34.2. The number of nitrogens with two attached hydrogens (primary N) is 1. The lowest BCUT2D eigenvalue weighted by molar-refractivity contribution is -0.145. The first-order valence-corrected chi connectivity index (χ1v) is 6.32. The Morgan fingerprint density at radius 3 is 2.64 bits per heavy atom. The number of aliphatic hydroxyl groups is 3. The van der Waals surface area contributed by atoms with Gasteiger partial charge in [0.2, 0.25) is 5.95 Å². The van der Waals surface area contributed by atoms with Crippen molar-refractivity contribution in [3.05, 3.63) is 16.8 Å². The number of nitrogen functional groups attached to an aromatic ring is 1. The van der Waals surface area contributed by atoms with E-state index in [1.165, 1.54) is 13.3 Å². The van der Waals surface area contributed by atoms with Gasteiger partial charge in [0.15, 0.2) is 0 Å². The predicted molar refractivity (Wildman–Crippen MR) is 71.6 cm³/mol. The normalized spacial score (nSPS) is 25.2. The van der Waals surface area contributed by atoms with Crippen molar-refractivity contribution in [2.45, 2.75) is 37.9 Å². The highest BCUT2D eigenvalue weighted by Crippen LogP contribution is 2.26. The van der Waals surface area contributed by atoms with Crippen LogP contribution in [-0.2, 0) is 9.53 Å². The van der Waals surface area contributed by atoms with Gasteiger partial charge >= 0.3 is 11.7 Å². The molecule has 0 bridgehead atoms. The first-order valence-electron chi connectivity index (χ1n) is 6.32. The maximum Gasteiger partial charge on any atom is 0.354 e. The molecule has 11 heteroatoms. The van der Waals surface area contributed by atoms with E-state index in [0.717, 1.165) is 4.57 Å². The summed E-state index contributed by atoms with van der Waals surface area (Å²) < 4.78 is 6.41. The summed E-state index contributed by atoms with van der Waals surface area (Å²) in [6.45, 7) is 0.893. The van der Waals surface area contributed by atoms with Crippen LogP contribution in [-0.4, -0.2) is 65.8 Å². The zero-order valence-corrected chi connectivity index (χ0v) is 11.7. The molecule has 4 atom stereocenters. The van der Waals surface area contributed by atoms with E-state index in [1.54, 1.807) is 0 Å². The first-order chi connectivity index (χ1) is 10.3. The number of carbonyl (C=O) groups is 1. The molecular formula is C11H18N4O7. The van der Waals surface area contributed by atoms with Gasteiger partial charge in [-0.25, -0.2) is 14.6 Å². The topological polar surface area (TPSA) is 181 Å². The fourth-order valence-electron chi connectivity index (χ4n) is 1.60. The highest BCUT2D eigenvalue weighted by molar-refractivity contribution is 5.71. The molecule has 1 aliphatic rings. The van der Waals surface area contributed by atoms with Crippen LogP contribution in [0.25, 0.3) is 0 Å². The van der Waals surface area contributed by atoms with Crippen molar-refractivity contribution in [2.75, 3.05) is 12.3 Å². The molecule has 1 saturated heterocycles. The molecule has 0 radical (unpaired) electrons. The van der Waals surface area contributed by atoms with Gasteiger partial charge in [-0.15, -0.1) is 0 Å². The maximum absolute atomic E-state index is 11.4. The third-order valence-electron chi connectivity index (χ3n) is 2.80. The van der Waals surface area contributed by atoms with Crippen LogP contribution in [0.3, 0.4) is 0 Å². The summed E-state index contributed by atoms with van der Waals surface area (Å²) >= 11 is 0. The molecule has 0 aliphatic carbocycles. The van der Waals surface area contributed by atoms with Crippen molar-refractivity contribution >= 4 is 11.9 Å². The quantitative estimate of drug-likeness (QED) is 0.393. The number of carboxylic acids is 1. The van der Waals surface area contributed by atoms with Crippen molar-refractivity contribution in [3.63, 3.8) is 0 Å². The number of rotatable bonds is 3. The third-order valence-corrected chi connectivity index (χ3v) is 2.80. The Bertz CT molecular complexity index is 562. The average molecular weight is 318 g/mol.